The van der Waals surface area contributed by atoms with Crippen LogP contribution in [0.2, 0.25) is 0 Å². The zero-order chi connectivity index (χ0) is 12.7. The molecule has 0 aromatic carbocycles. The molecule has 4 rings (SSSR count). The Kier molecular flexibility index (Phi) is 2.46. The van der Waals surface area contributed by atoms with Crippen molar-refractivity contribution >= 4 is 34.6 Å². The van der Waals surface area contributed by atoms with E-state index in [-0.39, 0.29) is 0 Å². The fraction of sp³-hybridized carbons (Fsp3) is 0. The molecule has 3 nitrogen and oxygen atoms in total. The molecule has 3 aromatic rings. The number of hydrogen-bond acceptors (Lipinski definition) is 4. The highest BCUT2D eigenvalue weighted by atomic mass is 32.1. The lowest BCUT2D eigenvalue weighted by molar-refractivity contribution is 1.12. The smallest absolute Gasteiger partial charge is 0.159 e. The molecule has 19 heavy (non-hydrogen) atoms. The molecule has 1 aliphatic heterocycles. The second kappa shape index (κ2) is 4.29. The van der Waals surface area contributed by atoms with E-state index in [9.17, 15) is 0 Å². The van der Waals surface area contributed by atoms with Crippen LogP contribution in [0.25, 0.3) is 26.4 Å². The molecule has 1 radical (unpaired) electrons. The third-order valence-corrected chi connectivity index (χ3v) is 5.00. The Morgan fingerprint density at radius 2 is 2.05 bits per heavy atom. The summed E-state index contributed by atoms with van der Waals surface area (Å²) in [6, 6.07) is 6.18. The van der Waals surface area contributed by atoms with E-state index < -0.39 is 0 Å². The van der Waals surface area contributed by atoms with Crippen molar-refractivity contribution in [2.24, 2.45) is 0 Å². The minimum atomic E-state index is 0.783. The normalized spacial score (nSPS) is 12.4. The van der Waals surface area contributed by atoms with E-state index in [1.807, 2.05) is 18.3 Å². The first-order valence-electron chi connectivity index (χ1n) is 5.78. The number of rotatable bonds is 2. The number of hydrogen-bond donors (Lipinski definition) is 0. The Labute approximate surface area is 118 Å². The van der Waals surface area contributed by atoms with Crippen LogP contribution in [0, 0.1) is 0 Å². The van der Waals surface area contributed by atoms with Crippen LogP contribution < -0.4 is 5.32 Å². The number of fused-ring (bicyclic) bond motifs is 1. The van der Waals surface area contributed by atoms with E-state index in [0.29, 0.717) is 0 Å². The van der Waals surface area contributed by atoms with Crippen LogP contribution in [0.4, 0.5) is 5.82 Å². The van der Waals surface area contributed by atoms with Gasteiger partial charge in [-0.05, 0) is 23.6 Å². The van der Waals surface area contributed by atoms with Crippen LogP contribution >= 0.6 is 22.7 Å². The number of thiazole rings is 1. The third-order valence-electron chi connectivity index (χ3n) is 2.91. The first-order chi connectivity index (χ1) is 9.42. The van der Waals surface area contributed by atoms with Gasteiger partial charge in [0, 0.05) is 34.6 Å². The van der Waals surface area contributed by atoms with Gasteiger partial charge < -0.3 is 0 Å². The molecule has 0 amide bonds. The highest BCUT2D eigenvalue weighted by Gasteiger charge is 2.16. The Morgan fingerprint density at radius 1 is 1.05 bits per heavy atom. The molecule has 1 aliphatic rings. The lowest BCUT2D eigenvalue weighted by Gasteiger charge is -2.01. The Hall–Kier alpha value is -1.98. The molecule has 0 spiro atoms. The summed E-state index contributed by atoms with van der Waals surface area (Å²) in [7, 11) is 0. The third kappa shape index (κ3) is 1.78. The van der Waals surface area contributed by atoms with Crippen LogP contribution in [-0.4, -0.2) is 9.97 Å². The number of pyridine rings is 1. The molecule has 0 unspecified atom stereocenters. The van der Waals surface area contributed by atoms with Gasteiger partial charge >= 0.3 is 0 Å². The molecule has 0 aliphatic carbocycles. The zero-order valence-electron chi connectivity index (χ0n) is 9.78. The van der Waals surface area contributed by atoms with Crippen molar-refractivity contribution in [3.05, 3.63) is 47.7 Å². The first-order valence-corrected chi connectivity index (χ1v) is 7.48. The van der Waals surface area contributed by atoms with Gasteiger partial charge in [-0.3, -0.25) is 0 Å². The topological polar surface area (TPSA) is 39.9 Å². The predicted octanol–water partition coefficient (Wildman–Crippen LogP) is 4.15. The number of thiophene rings is 1. The van der Waals surface area contributed by atoms with Gasteiger partial charge in [-0.1, -0.05) is 6.07 Å². The maximum atomic E-state index is 4.54. The average molecular weight is 282 g/mol. The largest absolute Gasteiger partial charge is 0.244 e. The van der Waals surface area contributed by atoms with Crippen molar-refractivity contribution in [1.82, 2.24) is 15.3 Å². The Balaban J connectivity index is 1.82. The first kappa shape index (κ1) is 10.9. The molecule has 91 valence electrons. The van der Waals surface area contributed by atoms with Crippen LogP contribution in [0.5, 0.6) is 0 Å². The van der Waals surface area contributed by atoms with Crippen molar-refractivity contribution in [2.75, 3.05) is 0 Å². The summed E-state index contributed by atoms with van der Waals surface area (Å²) in [4.78, 5) is 11.3. The van der Waals surface area contributed by atoms with Gasteiger partial charge in [0.15, 0.2) is 5.82 Å². The van der Waals surface area contributed by atoms with Gasteiger partial charge in [0.2, 0.25) is 0 Å². The van der Waals surface area contributed by atoms with Gasteiger partial charge in [0.1, 0.15) is 5.01 Å². The molecule has 0 fully saturated rings. The minimum Gasteiger partial charge on any atom is -0.244 e. The SMILES string of the molecule is C1=Cc2c(-c3ncc(-c4cccs4)s3)ccnc2[N]1. The minimum absolute atomic E-state index is 0.783. The molecule has 4 heterocycles. The van der Waals surface area contributed by atoms with E-state index in [0.717, 1.165) is 22.0 Å². The molecule has 0 bridgehead atoms. The molecule has 0 saturated carbocycles. The molecule has 0 N–H and O–H groups in total. The summed E-state index contributed by atoms with van der Waals surface area (Å²) in [5, 5.41) is 7.33. The second-order valence-electron chi connectivity index (χ2n) is 4.05. The predicted molar refractivity (Wildman–Crippen MR) is 79.5 cm³/mol. The highest BCUT2D eigenvalue weighted by molar-refractivity contribution is 7.23. The van der Waals surface area contributed by atoms with E-state index >= 15 is 0 Å². The fourth-order valence-corrected chi connectivity index (χ4v) is 3.80. The van der Waals surface area contributed by atoms with Gasteiger partial charge in [-0.15, -0.1) is 22.7 Å². The summed E-state index contributed by atoms with van der Waals surface area (Å²) in [6.45, 7) is 0. The lowest BCUT2D eigenvalue weighted by Crippen LogP contribution is -1.89. The summed E-state index contributed by atoms with van der Waals surface area (Å²) in [6.07, 6.45) is 7.50. The van der Waals surface area contributed by atoms with Crippen molar-refractivity contribution in [3.63, 3.8) is 0 Å². The Bertz CT molecular complexity index is 757. The molecule has 5 heteroatoms. The van der Waals surface area contributed by atoms with Crippen LogP contribution in [-0.2, 0) is 0 Å². The molecular weight excluding hydrogens is 274 g/mol. The highest BCUT2D eigenvalue weighted by Crippen LogP contribution is 2.38. The van der Waals surface area contributed by atoms with E-state index in [1.165, 1.54) is 9.75 Å². The van der Waals surface area contributed by atoms with Crippen molar-refractivity contribution in [2.45, 2.75) is 0 Å². The molecule has 0 saturated heterocycles. The van der Waals surface area contributed by atoms with Gasteiger partial charge in [-0.25, -0.2) is 15.3 Å². The summed E-state index contributed by atoms with van der Waals surface area (Å²) in [5.41, 5.74) is 2.17. The van der Waals surface area contributed by atoms with E-state index in [4.69, 9.17) is 0 Å². The van der Waals surface area contributed by atoms with Crippen molar-refractivity contribution in [1.29, 1.82) is 0 Å². The molecular formula is C14H8N3S2. The van der Waals surface area contributed by atoms with E-state index in [1.54, 1.807) is 35.1 Å². The standard InChI is InChI=1S/C14H8N3S2/c1-2-11(18-7-1)12-8-17-14(19-12)10-4-6-16-13-9(10)3-5-15-13/h1-8H. The van der Waals surface area contributed by atoms with Crippen molar-refractivity contribution < 1.29 is 0 Å². The maximum Gasteiger partial charge on any atom is 0.159 e. The average Bonchev–Trinajstić information content (AvgIpc) is 3.18. The van der Waals surface area contributed by atoms with Crippen LogP contribution in [0.1, 0.15) is 5.56 Å². The number of nitrogens with zero attached hydrogens (tertiary/aromatic N) is 3. The maximum absolute atomic E-state index is 4.54. The monoisotopic (exact) mass is 282 g/mol. The summed E-state index contributed by atoms with van der Waals surface area (Å²) in [5.74, 6) is 0.783. The van der Waals surface area contributed by atoms with Crippen LogP contribution in [0.3, 0.4) is 0 Å². The lowest BCUT2D eigenvalue weighted by atomic mass is 10.1. The van der Waals surface area contributed by atoms with E-state index in [2.05, 4.69) is 32.8 Å². The zero-order valence-corrected chi connectivity index (χ0v) is 11.4. The van der Waals surface area contributed by atoms with Gasteiger partial charge in [0.05, 0.1) is 4.88 Å². The summed E-state index contributed by atoms with van der Waals surface area (Å²) >= 11 is 3.44. The fourth-order valence-electron chi connectivity index (χ4n) is 2.03. The quantitative estimate of drug-likeness (QED) is 0.708. The Morgan fingerprint density at radius 3 is 2.95 bits per heavy atom. The van der Waals surface area contributed by atoms with Gasteiger partial charge in [-0.2, -0.15) is 0 Å². The van der Waals surface area contributed by atoms with Crippen molar-refractivity contribution in [3.8, 4) is 20.3 Å². The van der Waals surface area contributed by atoms with Crippen LogP contribution in [0.15, 0.2) is 42.2 Å². The number of aromatic nitrogens is 2. The van der Waals surface area contributed by atoms with Gasteiger partial charge in [0.25, 0.3) is 0 Å². The summed E-state index contributed by atoms with van der Waals surface area (Å²) < 4.78 is 0. The second-order valence-corrected chi connectivity index (χ2v) is 6.03. The molecule has 0 atom stereocenters. The molecule has 3 aromatic heterocycles.